The van der Waals surface area contributed by atoms with E-state index in [1.54, 1.807) is 0 Å². The molecule has 0 atom stereocenters. The molecule has 19 heavy (non-hydrogen) atoms. The van der Waals surface area contributed by atoms with Crippen molar-refractivity contribution in [1.29, 1.82) is 0 Å². The van der Waals surface area contributed by atoms with Crippen molar-refractivity contribution in [3.63, 3.8) is 0 Å². The van der Waals surface area contributed by atoms with E-state index in [1.807, 2.05) is 0 Å². The molecule has 0 fully saturated rings. The normalized spacial score (nSPS) is 10.6. The third kappa shape index (κ3) is 2.74. The lowest BCUT2D eigenvalue weighted by Crippen LogP contribution is -2.02. The molecule has 0 aliphatic carbocycles. The first kappa shape index (κ1) is 13.9. The first-order chi connectivity index (χ1) is 8.90. The van der Waals surface area contributed by atoms with Crippen molar-refractivity contribution in [2.75, 3.05) is 11.1 Å². The fraction of sp³-hybridized carbons (Fsp3) is 0.0769. The average Bonchev–Trinajstić information content (AvgIpc) is 2.36. The summed E-state index contributed by atoms with van der Waals surface area (Å²) in [7, 11) is 0. The van der Waals surface area contributed by atoms with Gasteiger partial charge in [0.05, 0.1) is 21.4 Å². The van der Waals surface area contributed by atoms with E-state index in [0.29, 0.717) is 5.56 Å². The number of rotatable bonds is 2. The van der Waals surface area contributed by atoms with Gasteiger partial charge in [0.2, 0.25) is 0 Å². The average molecular weight is 303 g/mol. The summed E-state index contributed by atoms with van der Waals surface area (Å²) in [6, 6.07) is 5.36. The fourth-order valence-electron chi connectivity index (χ4n) is 1.58. The molecule has 0 saturated carbocycles. The van der Waals surface area contributed by atoms with Crippen LogP contribution in [-0.4, -0.2) is 0 Å². The molecule has 2 aromatic carbocycles. The van der Waals surface area contributed by atoms with Crippen LogP contribution in [0.4, 0.5) is 25.8 Å². The Hall–Kier alpha value is -1.52. The zero-order valence-corrected chi connectivity index (χ0v) is 11.4. The van der Waals surface area contributed by atoms with Crippen molar-refractivity contribution in [2.45, 2.75) is 6.92 Å². The van der Waals surface area contributed by atoms with Gasteiger partial charge in [0.15, 0.2) is 5.82 Å². The summed E-state index contributed by atoms with van der Waals surface area (Å²) in [5, 5.41) is 3.12. The van der Waals surface area contributed by atoms with Crippen molar-refractivity contribution in [3.05, 3.63) is 51.5 Å². The van der Waals surface area contributed by atoms with Crippen LogP contribution in [0, 0.1) is 18.6 Å². The summed E-state index contributed by atoms with van der Waals surface area (Å²) >= 11 is 11.6. The maximum Gasteiger partial charge on any atom is 0.152 e. The Kier molecular flexibility index (Phi) is 3.83. The van der Waals surface area contributed by atoms with E-state index in [-0.39, 0.29) is 27.1 Å². The van der Waals surface area contributed by atoms with Gasteiger partial charge in [-0.3, -0.25) is 0 Å². The molecule has 0 saturated heterocycles. The number of anilines is 3. The van der Waals surface area contributed by atoms with Gasteiger partial charge in [-0.15, -0.1) is 0 Å². The molecular weight excluding hydrogens is 293 g/mol. The van der Waals surface area contributed by atoms with E-state index in [2.05, 4.69) is 5.32 Å². The number of hydrogen-bond acceptors (Lipinski definition) is 2. The maximum atomic E-state index is 13.9. The lowest BCUT2D eigenvalue weighted by molar-refractivity contribution is 0.585. The summed E-state index contributed by atoms with van der Waals surface area (Å²) in [4.78, 5) is 0. The molecule has 0 amide bonds. The van der Waals surface area contributed by atoms with Crippen molar-refractivity contribution < 1.29 is 8.78 Å². The van der Waals surface area contributed by atoms with Crippen molar-refractivity contribution >= 4 is 40.3 Å². The molecule has 0 aliphatic rings. The van der Waals surface area contributed by atoms with Crippen molar-refractivity contribution in [1.82, 2.24) is 0 Å². The van der Waals surface area contributed by atoms with Crippen LogP contribution >= 0.6 is 23.2 Å². The number of benzene rings is 2. The monoisotopic (exact) mass is 302 g/mol. The summed E-state index contributed by atoms with van der Waals surface area (Å²) in [5.41, 5.74) is 6.31. The van der Waals surface area contributed by atoms with E-state index in [1.165, 1.54) is 31.2 Å². The van der Waals surface area contributed by atoms with E-state index >= 15 is 0 Å². The Morgan fingerprint density at radius 3 is 2.42 bits per heavy atom. The number of nitrogens with one attached hydrogen (secondary N) is 1. The Bertz CT molecular complexity index is 645. The highest BCUT2D eigenvalue weighted by Gasteiger charge is 2.13. The molecule has 2 nitrogen and oxygen atoms in total. The molecule has 2 aromatic rings. The number of nitrogens with two attached hydrogens (primary N) is 1. The number of nitrogen functional groups attached to an aromatic ring is 1. The minimum absolute atomic E-state index is 0.242. The number of hydrogen-bond donors (Lipinski definition) is 2. The van der Waals surface area contributed by atoms with Gasteiger partial charge in [-0.05, 0) is 30.7 Å². The molecule has 2 rings (SSSR count). The first-order valence-electron chi connectivity index (χ1n) is 5.36. The Balaban J connectivity index is 2.48. The second kappa shape index (κ2) is 5.23. The molecule has 3 N–H and O–H groups in total. The van der Waals surface area contributed by atoms with Gasteiger partial charge in [-0.2, -0.15) is 0 Å². The predicted octanol–water partition coefficient (Wildman–Crippen LogP) is 4.91. The molecule has 6 heteroatoms. The molecule has 100 valence electrons. The van der Waals surface area contributed by atoms with E-state index < -0.39 is 11.6 Å². The molecule has 0 aliphatic heterocycles. The van der Waals surface area contributed by atoms with E-state index in [4.69, 9.17) is 28.9 Å². The zero-order chi connectivity index (χ0) is 14.2. The van der Waals surface area contributed by atoms with Gasteiger partial charge in [0.1, 0.15) is 11.5 Å². The molecule has 0 radical (unpaired) electrons. The quantitative estimate of drug-likeness (QED) is 0.774. The van der Waals surface area contributed by atoms with E-state index in [9.17, 15) is 8.78 Å². The van der Waals surface area contributed by atoms with Crippen molar-refractivity contribution in [3.8, 4) is 0 Å². The largest absolute Gasteiger partial charge is 0.397 e. The highest BCUT2D eigenvalue weighted by molar-refractivity contribution is 6.42. The first-order valence-corrected chi connectivity index (χ1v) is 6.12. The van der Waals surface area contributed by atoms with Gasteiger partial charge in [0.25, 0.3) is 0 Å². The lowest BCUT2D eigenvalue weighted by Gasteiger charge is -2.13. The van der Waals surface area contributed by atoms with Gasteiger partial charge >= 0.3 is 0 Å². The number of aryl methyl sites for hydroxylation is 1. The van der Waals surface area contributed by atoms with Crippen LogP contribution in [0.3, 0.4) is 0 Å². The summed E-state index contributed by atoms with van der Waals surface area (Å²) in [6.07, 6.45) is 0. The van der Waals surface area contributed by atoms with Crippen LogP contribution in [0.5, 0.6) is 0 Å². The van der Waals surface area contributed by atoms with E-state index in [0.717, 1.165) is 0 Å². The second-order valence-electron chi connectivity index (χ2n) is 4.03. The van der Waals surface area contributed by atoms with Crippen LogP contribution < -0.4 is 11.1 Å². The minimum atomic E-state index is -0.714. The highest BCUT2D eigenvalue weighted by Crippen LogP contribution is 2.34. The van der Waals surface area contributed by atoms with Gasteiger partial charge in [-0.1, -0.05) is 29.3 Å². The van der Waals surface area contributed by atoms with Crippen molar-refractivity contribution in [2.24, 2.45) is 0 Å². The number of halogens is 4. The van der Waals surface area contributed by atoms with Crippen LogP contribution in [0.15, 0.2) is 24.3 Å². The highest BCUT2D eigenvalue weighted by atomic mass is 35.5. The molecule has 0 spiro atoms. The zero-order valence-electron chi connectivity index (χ0n) is 9.90. The Morgan fingerprint density at radius 2 is 1.74 bits per heavy atom. The third-order valence-electron chi connectivity index (χ3n) is 2.64. The molecule has 0 aromatic heterocycles. The predicted molar refractivity (Wildman–Crippen MR) is 75.3 cm³/mol. The Labute approximate surface area is 119 Å². The summed E-state index contributed by atoms with van der Waals surface area (Å²) in [6.45, 7) is 1.54. The van der Waals surface area contributed by atoms with Gasteiger partial charge in [0, 0.05) is 0 Å². The molecule has 0 heterocycles. The smallest absolute Gasteiger partial charge is 0.152 e. The molecular formula is C13H10Cl2F2N2. The molecule has 0 bridgehead atoms. The molecule has 0 unspecified atom stereocenters. The summed E-state index contributed by atoms with van der Waals surface area (Å²) < 4.78 is 27.5. The topological polar surface area (TPSA) is 38.0 Å². The minimum Gasteiger partial charge on any atom is -0.397 e. The lowest BCUT2D eigenvalue weighted by atomic mass is 10.2. The van der Waals surface area contributed by atoms with Crippen LogP contribution in [0.2, 0.25) is 10.0 Å². The van der Waals surface area contributed by atoms with Crippen LogP contribution in [0.25, 0.3) is 0 Å². The Morgan fingerprint density at radius 1 is 1.11 bits per heavy atom. The van der Waals surface area contributed by atoms with Gasteiger partial charge in [-0.25, -0.2) is 8.78 Å². The second-order valence-corrected chi connectivity index (χ2v) is 4.85. The SMILES string of the molecule is Cc1ccc(F)c(Nc2cc(Cl)c(Cl)cc2N)c1F. The van der Waals surface area contributed by atoms with Gasteiger partial charge < -0.3 is 11.1 Å². The fourth-order valence-corrected chi connectivity index (χ4v) is 1.91. The van der Waals surface area contributed by atoms with Crippen LogP contribution in [-0.2, 0) is 0 Å². The maximum absolute atomic E-state index is 13.9. The van der Waals surface area contributed by atoms with Crippen LogP contribution in [0.1, 0.15) is 5.56 Å². The standard InChI is InChI=1S/C13H10Cl2F2N2/c1-6-2-3-9(16)13(12(6)17)19-11-5-8(15)7(14)4-10(11)18/h2-5,19H,18H2,1H3. The third-order valence-corrected chi connectivity index (χ3v) is 3.36. The summed E-state index contributed by atoms with van der Waals surface area (Å²) in [5.74, 6) is -1.39.